The van der Waals surface area contributed by atoms with Crippen molar-refractivity contribution < 1.29 is 0 Å². The van der Waals surface area contributed by atoms with Crippen molar-refractivity contribution in [1.82, 2.24) is 0 Å². The molecule has 76 valence electrons. The van der Waals surface area contributed by atoms with Crippen molar-refractivity contribution in [3.05, 3.63) is 50.1 Å². The first-order chi connectivity index (χ1) is 7.24. The van der Waals surface area contributed by atoms with Gasteiger partial charge in [0.05, 0.1) is 9.47 Å². The van der Waals surface area contributed by atoms with Crippen LogP contribution in [-0.4, -0.2) is 6.21 Å². The fraction of sp³-hybridized carbons (Fsp3) is 0. The maximum absolute atomic E-state index is 5.78. The first-order valence-corrected chi connectivity index (χ1v) is 6.28. The molecule has 1 heterocycles. The van der Waals surface area contributed by atoms with Gasteiger partial charge in [0.1, 0.15) is 0 Å². The van der Waals surface area contributed by atoms with Crippen LogP contribution in [-0.2, 0) is 0 Å². The van der Waals surface area contributed by atoms with E-state index < -0.39 is 0 Å². The third-order valence-electron chi connectivity index (χ3n) is 1.76. The standard InChI is InChI=1S/C11H7BrClNS/c12-11-6-5-10(15-11)7-14-9-3-1-8(13)2-4-9/h1-7H. The second-order valence-electron chi connectivity index (χ2n) is 2.88. The van der Waals surface area contributed by atoms with E-state index in [9.17, 15) is 0 Å². The molecule has 0 saturated heterocycles. The highest BCUT2D eigenvalue weighted by Gasteiger charge is 1.93. The van der Waals surface area contributed by atoms with Crippen LogP contribution in [0.1, 0.15) is 4.88 Å². The molecule has 1 aromatic carbocycles. The molecule has 0 bridgehead atoms. The fourth-order valence-corrected chi connectivity index (χ4v) is 2.48. The largest absolute Gasteiger partial charge is 0.255 e. The number of rotatable bonds is 2. The lowest BCUT2D eigenvalue weighted by molar-refractivity contribution is 1.54. The van der Waals surface area contributed by atoms with Gasteiger partial charge in [-0.1, -0.05) is 11.6 Å². The minimum absolute atomic E-state index is 0.729. The normalized spacial score (nSPS) is 11.1. The Bertz CT molecular complexity index is 476. The van der Waals surface area contributed by atoms with E-state index >= 15 is 0 Å². The molecule has 0 aliphatic carbocycles. The van der Waals surface area contributed by atoms with Crippen LogP contribution in [0.5, 0.6) is 0 Å². The summed E-state index contributed by atoms with van der Waals surface area (Å²) in [6.07, 6.45) is 1.85. The SMILES string of the molecule is Clc1ccc(N=Cc2ccc(Br)s2)cc1. The van der Waals surface area contributed by atoms with Gasteiger partial charge in [-0.25, -0.2) is 0 Å². The van der Waals surface area contributed by atoms with E-state index in [-0.39, 0.29) is 0 Å². The Hall–Kier alpha value is -0.640. The molecular formula is C11H7BrClNS. The van der Waals surface area contributed by atoms with E-state index in [1.807, 2.05) is 42.6 Å². The number of nitrogens with zero attached hydrogens (tertiary/aromatic N) is 1. The highest BCUT2D eigenvalue weighted by Crippen LogP contribution is 2.22. The first kappa shape index (κ1) is 10.9. The number of hydrogen-bond donors (Lipinski definition) is 0. The van der Waals surface area contributed by atoms with E-state index in [1.54, 1.807) is 11.3 Å². The molecule has 0 unspecified atom stereocenters. The van der Waals surface area contributed by atoms with Gasteiger partial charge in [-0.05, 0) is 52.3 Å². The zero-order chi connectivity index (χ0) is 10.7. The summed E-state index contributed by atoms with van der Waals surface area (Å²) in [4.78, 5) is 5.46. The average molecular weight is 301 g/mol. The fourth-order valence-electron chi connectivity index (χ4n) is 1.06. The number of thiophene rings is 1. The number of aliphatic imine (C=N–C) groups is 1. The van der Waals surface area contributed by atoms with Crippen molar-refractivity contribution in [3.8, 4) is 0 Å². The zero-order valence-corrected chi connectivity index (χ0v) is 10.8. The van der Waals surface area contributed by atoms with Gasteiger partial charge in [-0.15, -0.1) is 11.3 Å². The second-order valence-corrected chi connectivity index (χ2v) is 5.81. The predicted molar refractivity (Wildman–Crippen MR) is 70.7 cm³/mol. The summed E-state index contributed by atoms with van der Waals surface area (Å²) < 4.78 is 1.11. The van der Waals surface area contributed by atoms with Gasteiger partial charge < -0.3 is 0 Å². The van der Waals surface area contributed by atoms with Gasteiger partial charge in [-0.2, -0.15) is 0 Å². The van der Waals surface area contributed by atoms with Crippen LogP contribution in [0.3, 0.4) is 0 Å². The predicted octanol–water partition coefficient (Wildman–Crippen LogP) is 4.91. The third kappa shape index (κ3) is 3.16. The summed E-state index contributed by atoms with van der Waals surface area (Å²) in [6, 6.07) is 11.5. The van der Waals surface area contributed by atoms with Crippen molar-refractivity contribution in [3.63, 3.8) is 0 Å². The van der Waals surface area contributed by atoms with Crippen LogP contribution in [0, 0.1) is 0 Å². The lowest BCUT2D eigenvalue weighted by Crippen LogP contribution is -1.71. The van der Waals surface area contributed by atoms with E-state index in [1.165, 1.54) is 0 Å². The molecule has 0 aliphatic rings. The summed E-state index contributed by atoms with van der Waals surface area (Å²) >= 11 is 10.8. The molecule has 0 N–H and O–H groups in total. The van der Waals surface area contributed by atoms with Gasteiger partial charge in [0.15, 0.2) is 0 Å². The Kier molecular flexibility index (Phi) is 3.57. The third-order valence-corrected chi connectivity index (χ3v) is 3.57. The Labute approximate surface area is 106 Å². The van der Waals surface area contributed by atoms with Crippen LogP contribution in [0.15, 0.2) is 45.2 Å². The highest BCUT2D eigenvalue weighted by molar-refractivity contribution is 9.11. The number of hydrogen-bond acceptors (Lipinski definition) is 2. The molecule has 0 atom stereocenters. The summed E-state index contributed by atoms with van der Waals surface area (Å²) in [5, 5.41) is 0.729. The smallest absolute Gasteiger partial charge is 0.0705 e. The van der Waals surface area contributed by atoms with Crippen molar-refractivity contribution in [2.75, 3.05) is 0 Å². The van der Waals surface area contributed by atoms with Gasteiger partial charge in [0.2, 0.25) is 0 Å². The van der Waals surface area contributed by atoms with Gasteiger partial charge >= 0.3 is 0 Å². The lowest BCUT2D eigenvalue weighted by atomic mass is 10.3. The zero-order valence-electron chi connectivity index (χ0n) is 7.65. The van der Waals surface area contributed by atoms with Crippen molar-refractivity contribution in [2.24, 2.45) is 4.99 Å². The van der Waals surface area contributed by atoms with E-state index in [4.69, 9.17) is 11.6 Å². The molecule has 0 aliphatic heterocycles. The topological polar surface area (TPSA) is 12.4 Å². The Balaban J connectivity index is 2.14. The maximum atomic E-state index is 5.78. The van der Waals surface area contributed by atoms with Gasteiger partial charge in [0.25, 0.3) is 0 Å². The van der Waals surface area contributed by atoms with Crippen molar-refractivity contribution >= 4 is 50.8 Å². The quantitative estimate of drug-likeness (QED) is 0.698. The van der Waals surface area contributed by atoms with E-state index in [0.29, 0.717) is 0 Å². The molecule has 1 nitrogen and oxygen atoms in total. The van der Waals surface area contributed by atoms with Gasteiger partial charge in [0, 0.05) is 16.1 Å². The van der Waals surface area contributed by atoms with Crippen LogP contribution < -0.4 is 0 Å². The molecule has 0 spiro atoms. The Morgan fingerprint density at radius 3 is 2.47 bits per heavy atom. The van der Waals surface area contributed by atoms with Crippen LogP contribution in [0.4, 0.5) is 5.69 Å². The molecule has 0 saturated carbocycles. The minimum Gasteiger partial charge on any atom is -0.255 e. The maximum Gasteiger partial charge on any atom is 0.0705 e. The van der Waals surface area contributed by atoms with E-state index in [0.717, 1.165) is 19.4 Å². The van der Waals surface area contributed by atoms with Crippen LogP contribution in [0.25, 0.3) is 0 Å². The summed E-state index contributed by atoms with van der Waals surface area (Å²) in [7, 11) is 0. The molecule has 4 heteroatoms. The monoisotopic (exact) mass is 299 g/mol. The van der Waals surface area contributed by atoms with Gasteiger partial charge in [-0.3, -0.25) is 4.99 Å². The van der Waals surface area contributed by atoms with E-state index in [2.05, 4.69) is 20.9 Å². The highest BCUT2D eigenvalue weighted by atomic mass is 79.9. The molecule has 2 aromatic rings. The Morgan fingerprint density at radius 2 is 1.87 bits per heavy atom. The summed E-state index contributed by atoms with van der Waals surface area (Å²) in [6.45, 7) is 0. The van der Waals surface area contributed by atoms with Crippen LogP contribution >= 0.6 is 38.9 Å². The molecule has 2 rings (SSSR count). The Morgan fingerprint density at radius 1 is 1.13 bits per heavy atom. The lowest BCUT2D eigenvalue weighted by Gasteiger charge is -1.92. The first-order valence-electron chi connectivity index (χ1n) is 4.29. The summed E-state index contributed by atoms with van der Waals surface area (Å²) in [5.41, 5.74) is 0.906. The number of halogens is 2. The van der Waals surface area contributed by atoms with Crippen LogP contribution in [0.2, 0.25) is 5.02 Å². The molecule has 0 amide bonds. The van der Waals surface area contributed by atoms with Crippen molar-refractivity contribution in [2.45, 2.75) is 0 Å². The molecule has 0 fully saturated rings. The average Bonchev–Trinajstić information content (AvgIpc) is 2.64. The molecular weight excluding hydrogens is 294 g/mol. The molecule has 0 radical (unpaired) electrons. The van der Waals surface area contributed by atoms with Crippen molar-refractivity contribution in [1.29, 1.82) is 0 Å². The summed E-state index contributed by atoms with van der Waals surface area (Å²) in [5.74, 6) is 0. The molecule has 1 aromatic heterocycles. The minimum atomic E-state index is 0.729. The second kappa shape index (κ2) is 4.92. The number of benzene rings is 1. The molecule has 15 heavy (non-hydrogen) atoms.